The summed E-state index contributed by atoms with van der Waals surface area (Å²) in [5.41, 5.74) is 1.84. The van der Waals surface area contributed by atoms with Crippen molar-refractivity contribution in [3.05, 3.63) is 48.0 Å². The van der Waals surface area contributed by atoms with Gasteiger partial charge in [0.05, 0.1) is 12.8 Å². The van der Waals surface area contributed by atoms with Crippen LogP contribution in [0.5, 0.6) is 5.75 Å². The molecular formula is C16H17N3O4S. The van der Waals surface area contributed by atoms with E-state index in [4.69, 9.17) is 4.74 Å². The first kappa shape index (κ1) is 16.3. The summed E-state index contributed by atoms with van der Waals surface area (Å²) in [6.07, 6.45) is -1.09. The molecule has 7 nitrogen and oxygen atoms in total. The lowest BCUT2D eigenvalue weighted by Gasteiger charge is -2.27. The lowest BCUT2D eigenvalue weighted by Crippen LogP contribution is -2.51. The van der Waals surface area contributed by atoms with Gasteiger partial charge in [0.1, 0.15) is 10.6 Å². The van der Waals surface area contributed by atoms with Crippen molar-refractivity contribution < 1.29 is 17.9 Å². The van der Waals surface area contributed by atoms with E-state index >= 15 is 0 Å². The molecular weight excluding hydrogens is 330 g/mol. The van der Waals surface area contributed by atoms with Crippen LogP contribution in [0, 0.1) is 6.92 Å². The maximum Gasteiger partial charge on any atom is 0.262 e. The molecule has 1 aliphatic rings. The third-order valence-corrected chi connectivity index (χ3v) is 5.10. The van der Waals surface area contributed by atoms with E-state index in [-0.39, 0.29) is 4.90 Å². The predicted molar refractivity (Wildman–Crippen MR) is 90.5 cm³/mol. The van der Waals surface area contributed by atoms with Crippen molar-refractivity contribution in [2.75, 3.05) is 17.7 Å². The lowest BCUT2D eigenvalue weighted by atomic mass is 10.2. The number of aryl methyl sites for hydroxylation is 1. The number of benzene rings is 2. The molecule has 0 bridgehead atoms. The fourth-order valence-corrected chi connectivity index (χ4v) is 3.66. The number of carbonyl (C=O) groups excluding carboxylic acids is 1. The van der Waals surface area contributed by atoms with Crippen molar-refractivity contribution in [3.8, 4) is 5.75 Å². The van der Waals surface area contributed by atoms with Gasteiger partial charge in [-0.25, -0.2) is 8.42 Å². The summed E-state index contributed by atoms with van der Waals surface area (Å²) in [6, 6.07) is 11.7. The zero-order chi connectivity index (χ0) is 17.3. The van der Waals surface area contributed by atoms with E-state index in [0.717, 1.165) is 5.56 Å². The molecule has 0 fully saturated rings. The van der Waals surface area contributed by atoms with Crippen LogP contribution in [-0.4, -0.2) is 27.6 Å². The van der Waals surface area contributed by atoms with Gasteiger partial charge in [-0.3, -0.25) is 4.79 Å². The van der Waals surface area contributed by atoms with Gasteiger partial charge >= 0.3 is 0 Å². The summed E-state index contributed by atoms with van der Waals surface area (Å²) in [7, 11) is -2.20. The van der Waals surface area contributed by atoms with Crippen molar-refractivity contribution in [2.24, 2.45) is 0 Å². The van der Waals surface area contributed by atoms with Gasteiger partial charge in [-0.1, -0.05) is 6.07 Å². The highest BCUT2D eigenvalue weighted by atomic mass is 32.2. The molecule has 0 aliphatic carbocycles. The Labute approximate surface area is 140 Å². The first-order chi connectivity index (χ1) is 11.4. The van der Waals surface area contributed by atoms with Crippen LogP contribution in [0.15, 0.2) is 47.4 Å². The average molecular weight is 347 g/mol. The van der Waals surface area contributed by atoms with Gasteiger partial charge in [-0.2, -0.15) is 4.72 Å². The molecule has 3 rings (SSSR count). The van der Waals surface area contributed by atoms with Crippen LogP contribution in [0.25, 0.3) is 0 Å². The molecule has 1 heterocycles. The number of fused-ring (bicyclic) bond motifs is 1. The van der Waals surface area contributed by atoms with Crippen LogP contribution in [0.3, 0.4) is 0 Å². The molecule has 3 N–H and O–H groups in total. The Hall–Kier alpha value is -2.58. The van der Waals surface area contributed by atoms with E-state index in [2.05, 4.69) is 15.4 Å². The van der Waals surface area contributed by atoms with Crippen LogP contribution in [0.1, 0.15) is 5.56 Å². The molecule has 1 aliphatic heterocycles. The Kier molecular flexibility index (Phi) is 4.16. The number of sulfonamides is 1. The van der Waals surface area contributed by atoms with Crippen molar-refractivity contribution in [3.63, 3.8) is 0 Å². The smallest absolute Gasteiger partial charge is 0.262 e. The Morgan fingerprint density at radius 1 is 1.17 bits per heavy atom. The highest BCUT2D eigenvalue weighted by Gasteiger charge is 2.33. The van der Waals surface area contributed by atoms with Gasteiger partial charge in [-0.15, -0.1) is 0 Å². The zero-order valence-electron chi connectivity index (χ0n) is 13.2. The fourth-order valence-electron chi connectivity index (χ4n) is 2.40. The Balaban J connectivity index is 1.81. The standard InChI is InChI=1S/C16H17N3O4S/c1-10-3-8-14-13(9-10)18-15(19-24(14,21)22)16(20)17-11-4-6-12(23-2)7-5-11/h3-9,15,18-19H,1-2H3,(H,17,20)/t15-/m1/s1. The molecule has 1 amide bonds. The molecule has 126 valence electrons. The molecule has 0 unspecified atom stereocenters. The van der Waals surface area contributed by atoms with E-state index in [1.54, 1.807) is 43.5 Å². The molecule has 0 saturated heterocycles. The number of methoxy groups -OCH3 is 1. The summed E-state index contributed by atoms with van der Waals surface area (Å²) in [6.45, 7) is 1.85. The first-order valence-corrected chi connectivity index (χ1v) is 8.72. The molecule has 2 aromatic carbocycles. The normalized spacial score (nSPS) is 18.2. The SMILES string of the molecule is COc1ccc(NC(=O)[C@@H]2Nc3cc(C)ccc3S(=O)(=O)N2)cc1. The molecule has 8 heteroatoms. The molecule has 0 saturated carbocycles. The number of amides is 1. The second-order valence-electron chi connectivity index (χ2n) is 5.42. The van der Waals surface area contributed by atoms with Crippen LogP contribution >= 0.6 is 0 Å². The number of hydrogen-bond acceptors (Lipinski definition) is 5. The van der Waals surface area contributed by atoms with E-state index in [9.17, 15) is 13.2 Å². The fraction of sp³-hybridized carbons (Fsp3) is 0.188. The summed E-state index contributed by atoms with van der Waals surface area (Å²) in [4.78, 5) is 12.5. The quantitative estimate of drug-likeness (QED) is 0.785. The molecule has 24 heavy (non-hydrogen) atoms. The van der Waals surface area contributed by atoms with Gasteiger partial charge in [0.15, 0.2) is 6.17 Å². The van der Waals surface area contributed by atoms with E-state index in [1.165, 1.54) is 6.07 Å². The zero-order valence-corrected chi connectivity index (χ0v) is 14.0. The second kappa shape index (κ2) is 6.14. The predicted octanol–water partition coefficient (Wildman–Crippen LogP) is 1.67. The lowest BCUT2D eigenvalue weighted by molar-refractivity contribution is -0.117. The Morgan fingerprint density at radius 3 is 2.54 bits per heavy atom. The van der Waals surface area contributed by atoms with Crippen molar-refractivity contribution >= 4 is 27.3 Å². The third kappa shape index (κ3) is 3.19. The van der Waals surface area contributed by atoms with Gasteiger partial charge < -0.3 is 15.4 Å². The van der Waals surface area contributed by atoms with Crippen molar-refractivity contribution in [2.45, 2.75) is 18.0 Å². The number of anilines is 2. The van der Waals surface area contributed by atoms with Crippen LogP contribution in [-0.2, 0) is 14.8 Å². The summed E-state index contributed by atoms with van der Waals surface area (Å²) >= 11 is 0. The minimum absolute atomic E-state index is 0.126. The molecule has 0 radical (unpaired) electrons. The second-order valence-corrected chi connectivity index (χ2v) is 7.10. The number of nitrogens with one attached hydrogen (secondary N) is 3. The molecule has 2 aromatic rings. The number of ether oxygens (including phenoxy) is 1. The molecule has 0 spiro atoms. The van der Waals surface area contributed by atoms with Gasteiger partial charge in [0.2, 0.25) is 10.0 Å². The number of rotatable bonds is 3. The summed E-state index contributed by atoms with van der Waals surface area (Å²) < 4.78 is 32.0. The molecule has 0 aromatic heterocycles. The first-order valence-electron chi connectivity index (χ1n) is 7.23. The maximum atomic E-state index is 12.4. The largest absolute Gasteiger partial charge is 0.497 e. The maximum absolute atomic E-state index is 12.4. The minimum Gasteiger partial charge on any atom is -0.497 e. The van der Waals surface area contributed by atoms with Crippen LogP contribution in [0.2, 0.25) is 0 Å². The van der Waals surface area contributed by atoms with Crippen molar-refractivity contribution in [1.82, 2.24) is 4.72 Å². The number of carbonyl (C=O) groups is 1. The van der Waals surface area contributed by atoms with Crippen LogP contribution < -0.4 is 20.1 Å². The van der Waals surface area contributed by atoms with Gasteiger partial charge in [0.25, 0.3) is 5.91 Å². The highest BCUT2D eigenvalue weighted by molar-refractivity contribution is 7.89. The third-order valence-electron chi connectivity index (χ3n) is 3.62. The Morgan fingerprint density at radius 2 is 1.88 bits per heavy atom. The molecule has 1 atom stereocenters. The monoisotopic (exact) mass is 347 g/mol. The van der Waals surface area contributed by atoms with Gasteiger partial charge in [0, 0.05) is 5.69 Å². The van der Waals surface area contributed by atoms with Crippen molar-refractivity contribution in [1.29, 1.82) is 0 Å². The van der Waals surface area contributed by atoms with E-state index in [0.29, 0.717) is 17.1 Å². The van der Waals surface area contributed by atoms with Crippen LogP contribution in [0.4, 0.5) is 11.4 Å². The highest BCUT2D eigenvalue weighted by Crippen LogP contribution is 2.27. The number of hydrogen-bond donors (Lipinski definition) is 3. The topological polar surface area (TPSA) is 96.5 Å². The van der Waals surface area contributed by atoms with E-state index in [1.807, 2.05) is 6.92 Å². The average Bonchev–Trinajstić information content (AvgIpc) is 2.54. The summed E-state index contributed by atoms with van der Waals surface area (Å²) in [5, 5.41) is 5.57. The Bertz CT molecular complexity index is 879. The van der Waals surface area contributed by atoms with Gasteiger partial charge in [-0.05, 0) is 48.9 Å². The summed E-state index contributed by atoms with van der Waals surface area (Å²) in [5.74, 6) is 0.157. The van der Waals surface area contributed by atoms with E-state index < -0.39 is 22.1 Å². The minimum atomic E-state index is -3.75.